The lowest BCUT2D eigenvalue weighted by Gasteiger charge is -2.12. The minimum absolute atomic E-state index is 0.0604. The van der Waals surface area contributed by atoms with Crippen LogP contribution in [0.3, 0.4) is 0 Å². The summed E-state index contributed by atoms with van der Waals surface area (Å²) in [5.74, 6) is -1.24. The first-order valence-corrected chi connectivity index (χ1v) is 12.1. The van der Waals surface area contributed by atoms with Crippen LogP contribution < -0.4 is 10.3 Å². The van der Waals surface area contributed by atoms with Crippen LogP contribution in [0.15, 0.2) is 70.2 Å². The number of carboxylic acid groups (broad SMARTS) is 1. The Hall–Kier alpha value is -4.63. The van der Waals surface area contributed by atoms with Gasteiger partial charge in [-0.2, -0.15) is 0 Å². The molecule has 0 saturated heterocycles. The van der Waals surface area contributed by atoms with E-state index in [0.29, 0.717) is 28.8 Å². The van der Waals surface area contributed by atoms with Gasteiger partial charge in [-0.1, -0.05) is 11.6 Å². The molecule has 4 heterocycles. The van der Waals surface area contributed by atoms with Crippen LogP contribution >= 0.6 is 11.6 Å². The van der Waals surface area contributed by atoms with E-state index in [1.807, 2.05) is 13.0 Å². The third kappa shape index (κ3) is 3.71. The fourth-order valence-corrected chi connectivity index (χ4v) is 5.09. The molecule has 38 heavy (non-hydrogen) atoms. The van der Waals surface area contributed by atoms with Gasteiger partial charge in [0.25, 0.3) is 5.56 Å². The molecule has 0 aliphatic carbocycles. The zero-order valence-corrected chi connectivity index (χ0v) is 20.7. The van der Waals surface area contributed by atoms with Gasteiger partial charge in [0.2, 0.25) is 0 Å². The van der Waals surface area contributed by atoms with E-state index >= 15 is 4.39 Å². The maximum absolute atomic E-state index is 15.2. The zero-order chi connectivity index (χ0) is 26.6. The third-order valence-corrected chi connectivity index (χ3v) is 6.79. The van der Waals surface area contributed by atoms with Gasteiger partial charge in [0.15, 0.2) is 0 Å². The molecule has 0 aliphatic rings. The van der Waals surface area contributed by atoms with Gasteiger partial charge in [0.05, 0.1) is 46.8 Å². The van der Waals surface area contributed by atoms with Gasteiger partial charge in [-0.05, 0) is 55.5 Å². The number of hydrogen-bond acceptors (Lipinski definition) is 5. The second-order valence-corrected chi connectivity index (χ2v) is 9.03. The smallest absolute Gasteiger partial charge is 0.353 e. The van der Waals surface area contributed by atoms with Crippen molar-refractivity contribution < 1.29 is 23.4 Å². The summed E-state index contributed by atoms with van der Waals surface area (Å²) in [6.45, 7) is 2.31. The number of H-pyrrole nitrogens is 1. The molecule has 0 unspecified atom stereocenters. The molecular formula is C28H19ClFN3O5. The summed E-state index contributed by atoms with van der Waals surface area (Å²) in [6.07, 6.45) is 2.77. The average molecular weight is 532 g/mol. The van der Waals surface area contributed by atoms with Crippen LogP contribution in [0.5, 0.6) is 5.75 Å². The maximum atomic E-state index is 15.2. The monoisotopic (exact) mass is 531 g/mol. The standard InChI is InChI=1S/C28H19ClFN3O5/c1-2-37-16-5-6-20-14(11-16)10-15(26(29)32-20)13-33-21-12-19(30)17-7-9-38-25(17)23(21)22(24(33)28(35)36)18-4-3-8-31-27(18)34/h3-12H,2,13H2,1H3,(H,31,34)(H,35,36). The number of ether oxygens (including phenoxy) is 1. The molecule has 6 aromatic rings. The lowest BCUT2D eigenvalue weighted by Crippen LogP contribution is -2.14. The third-order valence-electron chi connectivity index (χ3n) is 6.46. The lowest BCUT2D eigenvalue weighted by molar-refractivity contribution is 0.0687. The van der Waals surface area contributed by atoms with Gasteiger partial charge in [-0.15, -0.1) is 0 Å². The van der Waals surface area contributed by atoms with E-state index in [9.17, 15) is 14.7 Å². The number of rotatable bonds is 6. The number of pyridine rings is 2. The molecule has 0 saturated carbocycles. The Kier molecular flexibility index (Phi) is 5.65. The first-order valence-electron chi connectivity index (χ1n) is 11.7. The number of benzene rings is 2. The van der Waals surface area contributed by atoms with Gasteiger partial charge in [-0.25, -0.2) is 14.2 Å². The summed E-state index contributed by atoms with van der Waals surface area (Å²) in [6, 6.07) is 13.0. The van der Waals surface area contributed by atoms with Crippen molar-refractivity contribution in [1.82, 2.24) is 14.5 Å². The highest BCUT2D eigenvalue weighted by Crippen LogP contribution is 2.40. The molecule has 2 N–H and O–H groups in total. The number of aromatic amines is 1. The van der Waals surface area contributed by atoms with Crippen LogP contribution in [0, 0.1) is 5.82 Å². The fourth-order valence-electron chi connectivity index (χ4n) is 4.89. The van der Waals surface area contributed by atoms with E-state index in [2.05, 4.69) is 9.97 Å². The fraction of sp³-hybridized carbons (Fsp3) is 0.107. The van der Waals surface area contributed by atoms with Crippen LogP contribution in [-0.2, 0) is 6.54 Å². The minimum atomic E-state index is -1.30. The number of aromatic nitrogens is 3. The van der Waals surface area contributed by atoms with Crippen LogP contribution in [-0.4, -0.2) is 32.2 Å². The Bertz CT molecular complexity index is 1960. The molecule has 6 rings (SSSR count). The number of halogens is 2. The van der Waals surface area contributed by atoms with Crippen molar-refractivity contribution in [2.45, 2.75) is 13.5 Å². The first kappa shape index (κ1) is 23.7. The Morgan fingerprint density at radius 1 is 1.24 bits per heavy atom. The first-order chi connectivity index (χ1) is 18.4. The number of hydrogen-bond donors (Lipinski definition) is 2. The Labute approximate surface area is 218 Å². The molecule has 2 aromatic carbocycles. The zero-order valence-electron chi connectivity index (χ0n) is 19.9. The highest BCUT2D eigenvalue weighted by atomic mass is 35.5. The maximum Gasteiger partial charge on any atom is 0.353 e. The molecule has 0 atom stereocenters. The summed E-state index contributed by atoms with van der Waals surface area (Å²) in [4.78, 5) is 32.6. The summed E-state index contributed by atoms with van der Waals surface area (Å²) in [5, 5.41) is 11.8. The molecular weight excluding hydrogens is 513 g/mol. The highest BCUT2D eigenvalue weighted by molar-refractivity contribution is 6.30. The number of nitrogens with zero attached hydrogens (tertiary/aromatic N) is 2. The largest absolute Gasteiger partial charge is 0.494 e. The van der Waals surface area contributed by atoms with Crippen molar-refractivity contribution in [3.05, 3.63) is 93.6 Å². The van der Waals surface area contributed by atoms with Crippen LogP contribution in [0.25, 0.3) is 43.9 Å². The molecule has 0 fully saturated rings. The van der Waals surface area contributed by atoms with Crippen LogP contribution in [0.1, 0.15) is 23.0 Å². The van der Waals surface area contributed by atoms with Crippen molar-refractivity contribution in [2.24, 2.45) is 0 Å². The molecule has 0 amide bonds. The predicted molar refractivity (Wildman–Crippen MR) is 142 cm³/mol. The minimum Gasteiger partial charge on any atom is -0.494 e. The molecule has 8 nitrogen and oxygen atoms in total. The number of nitrogens with one attached hydrogen (secondary N) is 1. The number of aromatic carboxylic acids is 1. The second kappa shape index (κ2) is 9.04. The van der Waals surface area contributed by atoms with Crippen LogP contribution in [0.2, 0.25) is 5.15 Å². The van der Waals surface area contributed by atoms with Crippen molar-refractivity contribution in [2.75, 3.05) is 6.61 Å². The van der Waals surface area contributed by atoms with Crippen molar-refractivity contribution in [1.29, 1.82) is 0 Å². The molecule has 0 spiro atoms. The quantitative estimate of drug-likeness (QED) is 0.247. The van der Waals surface area contributed by atoms with E-state index in [-0.39, 0.29) is 45.0 Å². The Morgan fingerprint density at radius 2 is 2.08 bits per heavy atom. The molecule has 0 radical (unpaired) electrons. The normalized spacial score (nSPS) is 11.6. The van der Waals surface area contributed by atoms with Crippen LogP contribution in [0.4, 0.5) is 4.39 Å². The van der Waals surface area contributed by atoms with Crippen molar-refractivity contribution in [3.8, 4) is 16.9 Å². The molecule has 0 bridgehead atoms. The van der Waals surface area contributed by atoms with Gasteiger partial charge in [-0.3, -0.25) is 4.79 Å². The molecule has 0 aliphatic heterocycles. The summed E-state index contributed by atoms with van der Waals surface area (Å²) in [7, 11) is 0. The van der Waals surface area contributed by atoms with Crippen molar-refractivity contribution in [3.63, 3.8) is 0 Å². The van der Waals surface area contributed by atoms with Gasteiger partial charge >= 0.3 is 5.97 Å². The van der Waals surface area contributed by atoms with E-state index in [1.165, 1.54) is 35.2 Å². The molecule has 4 aromatic heterocycles. The Morgan fingerprint density at radius 3 is 2.84 bits per heavy atom. The number of carbonyl (C=O) groups is 1. The number of furan rings is 1. The number of fused-ring (bicyclic) bond motifs is 4. The van der Waals surface area contributed by atoms with Crippen molar-refractivity contribution >= 4 is 50.3 Å². The second-order valence-electron chi connectivity index (χ2n) is 8.67. The average Bonchev–Trinajstić information content (AvgIpc) is 3.49. The molecule has 10 heteroatoms. The number of carboxylic acids is 1. The van der Waals surface area contributed by atoms with Gasteiger partial charge in [0.1, 0.15) is 28.0 Å². The van der Waals surface area contributed by atoms with E-state index in [1.54, 1.807) is 24.3 Å². The van der Waals surface area contributed by atoms with E-state index in [0.717, 1.165) is 5.39 Å². The summed E-state index contributed by atoms with van der Waals surface area (Å²) in [5.41, 5.74) is 1.05. The van der Waals surface area contributed by atoms with E-state index in [4.69, 9.17) is 20.8 Å². The summed E-state index contributed by atoms with van der Waals surface area (Å²) >= 11 is 6.54. The van der Waals surface area contributed by atoms with Gasteiger partial charge < -0.3 is 23.8 Å². The molecule has 190 valence electrons. The predicted octanol–water partition coefficient (Wildman–Crippen LogP) is 6.23. The highest BCUT2D eigenvalue weighted by Gasteiger charge is 2.29. The van der Waals surface area contributed by atoms with Gasteiger partial charge in [0, 0.05) is 22.7 Å². The Balaban J connectivity index is 1.67. The topological polar surface area (TPSA) is 110 Å². The SMILES string of the molecule is CCOc1ccc2nc(Cl)c(Cn3c(C(=O)O)c(-c4ccc[nH]c4=O)c4c5occc5c(F)cc43)cc2c1. The van der Waals surface area contributed by atoms with E-state index < -0.39 is 17.3 Å². The lowest BCUT2D eigenvalue weighted by atomic mass is 10.0. The summed E-state index contributed by atoms with van der Waals surface area (Å²) < 4.78 is 27.8.